The molecule has 0 N–H and O–H groups in total. The summed E-state index contributed by atoms with van der Waals surface area (Å²) in [7, 11) is 0. The molecular weight excluding hydrogens is 362 g/mol. The van der Waals surface area contributed by atoms with E-state index in [0.717, 1.165) is 60.9 Å². The number of aryl methyl sites for hydroxylation is 1. The monoisotopic (exact) mass is 389 g/mol. The normalized spacial score (nSPS) is 20.6. The summed E-state index contributed by atoms with van der Waals surface area (Å²) >= 11 is 1.44. The molecule has 0 amide bonds. The molecule has 0 bridgehead atoms. The third-order valence-electron chi connectivity index (χ3n) is 5.75. The highest BCUT2D eigenvalue weighted by Crippen LogP contribution is 2.31. The highest BCUT2D eigenvalue weighted by Gasteiger charge is 2.24. The summed E-state index contributed by atoms with van der Waals surface area (Å²) in [6.45, 7) is 5.77. The van der Waals surface area contributed by atoms with Gasteiger partial charge < -0.3 is 9.30 Å². The highest BCUT2D eigenvalue weighted by molar-refractivity contribution is 7.99. The number of tetrazole rings is 1. The van der Waals surface area contributed by atoms with Crippen LogP contribution >= 0.6 is 11.8 Å². The van der Waals surface area contributed by atoms with Gasteiger partial charge in [-0.1, -0.05) is 24.6 Å². The van der Waals surface area contributed by atoms with Crippen LogP contribution in [0, 0.1) is 13.8 Å². The van der Waals surface area contributed by atoms with Crippen LogP contribution in [0.2, 0.25) is 0 Å². The number of ketones is 1. The maximum atomic E-state index is 12.9. The fourth-order valence-corrected chi connectivity index (χ4v) is 5.05. The van der Waals surface area contributed by atoms with Crippen LogP contribution in [-0.4, -0.2) is 49.0 Å². The third-order valence-corrected chi connectivity index (χ3v) is 6.68. The van der Waals surface area contributed by atoms with Gasteiger partial charge in [0.1, 0.15) is 0 Å². The number of ether oxygens (including phenoxy) is 1. The zero-order valence-corrected chi connectivity index (χ0v) is 16.9. The minimum Gasteiger partial charge on any atom is -0.376 e. The summed E-state index contributed by atoms with van der Waals surface area (Å²) in [4.78, 5) is 12.9. The number of nitrogens with zero attached hydrogens (tertiary/aromatic N) is 5. The van der Waals surface area contributed by atoms with Gasteiger partial charge in [-0.25, -0.2) is 4.68 Å². The van der Waals surface area contributed by atoms with Crippen molar-refractivity contribution < 1.29 is 9.53 Å². The first-order valence-corrected chi connectivity index (χ1v) is 10.8. The topological polar surface area (TPSA) is 74.8 Å². The van der Waals surface area contributed by atoms with Crippen molar-refractivity contribution in [3.8, 4) is 0 Å². The van der Waals surface area contributed by atoms with Gasteiger partial charge in [0.25, 0.3) is 0 Å². The molecule has 0 aromatic carbocycles. The average molecular weight is 390 g/mol. The van der Waals surface area contributed by atoms with Gasteiger partial charge in [-0.3, -0.25) is 4.79 Å². The van der Waals surface area contributed by atoms with Crippen molar-refractivity contribution in [2.24, 2.45) is 0 Å². The second kappa shape index (κ2) is 8.14. The molecule has 2 fully saturated rings. The molecule has 0 spiro atoms. The summed E-state index contributed by atoms with van der Waals surface area (Å²) in [5.74, 6) is 0.491. The maximum Gasteiger partial charge on any atom is 0.210 e. The van der Waals surface area contributed by atoms with Gasteiger partial charge in [-0.05, 0) is 56.0 Å². The largest absolute Gasteiger partial charge is 0.376 e. The summed E-state index contributed by atoms with van der Waals surface area (Å²) in [5.41, 5.74) is 2.95. The van der Waals surface area contributed by atoms with Crippen LogP contribution in [-0.2, 0) is 11.3 Å². The number of hydrogen-bond acceptors (Lipinski definition) is 6. The number of hydrogen-bond donors (Lipinski definition) is 0. The van der Waals surface area contributed by atoms with Crippen LogP contribution in [0.25, 0.3) is 0 Å². The second-order valence-corrected chi connectivity index (χ2v) is 8.53. The molecule has 27 heavy (non-hydrogen) atoms. The Balaban J connectivity index is 1.42. The highest BCUT2D eigenvalue weighted by atomic mass is 32.2. The molecule has 1 saturated heterocycles. The molecule has 1 saturated carbocycles. The summed E-state index contributed by atoms with van der Waals surface area (Å²) in [6, 6.07) is 2.39. The molecule has 2 aliphatic rings. The Morgan fingerprint density at radius 1 is 1.26 bits per heavy atom. The predicted molar refractivity (Wildman–Crippen MR) is 103 cm³/mol. The van der Waals surface area contributed by atoms with Gasteiger partial charge in [0.15, 0.2) is 5.78 Å². The Hall–Kier alpha value is -1.67. The molecule has 1 atom stereocenters. The molecule has 3 heterocycles. The van der Waals surface area contributed by atoms with E-state index in [0.29, 0.717) is 11.8 Å². The van der Waals surface area contributed by atoms with Crippen molar-refractivity contribution in [3.63, 3.8) is 0 Å². The molecule has 8 heteroatoms. The summed E-state index contributed by atoms with van der Waals surface area (Å²) in [5, 5.41) is 12.9. The third kappa shape index (κ3) is 3.96. The number of rotatable bonds is 7. The van der Waals surface area contributed by atoms with E-state index in [1.807, 2.05) is 17.7 Å². The Morgan fingerprint density at radius 2 is 2.07 bits per heavy atom. The summed E-state index contributed by atoms with van der Waals surface area (Å²) in [6.07, 6.45) is 7.19. The van der Waals surface area contributed by atoms with E-state index in [2.05, 4.69) is 27.0 Å². The van der Waals surface area contributed by atoms with Crippen molar-refractivity contribution in [1.82, 2.24) is 24.8 Å². The SMILES string of the molecule is Cc1cc(C(=O)CSc2nnnn2C2CCCC2)c(C)n1C[C@@H]1CCCO1. The van der Waals surface area contributed by atoms with Crippen LogP contribution in [0.3, 0.4) is 0 Å². The van der Waals surface area contributed by atoms with Gasteiger partial charge in [0.05, 0.1) is 17.9 Å². The molecule has 2 aromatic heterocycles. The first-order valence-electron chi connectivity index (χ1n) is 9.85. The second-order valence-electron chi connectivity index (χ2n) is 7.59. The Kier molecular flexibility index (Phi) is 5.63. The molecule has 2 aromatic rings. The standard InChI is InChI=1S/C19H27N5O2S/c1-13-10-17(14(2)23(13)11-16-8-5-9-26-16)18(25)12-27-19-20-21-22-24(19)15-6-3-4-7-15/h10,15-16H,3-9,11-12H2,1-2H3/t16-/m0/s1. The van der Waals surface area contributed by atoms with Crippen molar-refractivity contribution in [3.05, 3.63) is 23.0 Å². The lowest BCUT2D eigenvalue weighted by Crippen LogP contribution is -2.17. The smallest absolute Gasteiger partial charge is 0.210 e. The lowest BCUT2D eigenvalue weighted by atomic mass is 10.2. The van der Waals surface area contributed by atoms with Gasteiger partial charge in [-0.15, -0.1) is 5.10 Å². The van der Waals surface area contributed by atoms with E-state index >= 15 is 0 Å². The number of Topliss-reactive ketones (excluding diaryl/α,β-unsaturated/α-hetero) is 1. The van der Waals surface area contributed by atoms with Gasteiger partial charge >= 0.3 is 0 Å². The first-order chi connectivity index (χ1) is 13.1. The van der Waals surface area contributed by atoms with E-state index in [1.54, 1.807) is 0 Å². The van der Waals surface area contributed by atoms with Crippen molar-refractivity contribution in [2.45, 2.75) is 76.2 Å². The number of aromatic nitrogens is 5. The lowest BCUT2D eigenvalue weighted by molar-refractivity contribution is 0.0957. The Labute approximate surface area is 163 Å². The molecule has 0 radical (unpaired) electrons. The zero-order valence-electron chi connectivity index (χ0n) is 16.1. The molecule has 0 unspecified atom stereocenters. The fourth-order valence-electron chi connectivity index (χ4n) is 4.22. The van der Waals surface area contributed by atoms with Crippen molar-refractivity contribution in [1.29, 1.82) is 0 Å². The molecule has 1 aliphatic carbocycles. The predicted octanol–water partition coefficient (Wildman–Crippen LogP) is 3.36. The Morgan fingerprint density at radius 3 is 2.81 bits per heavy atom. The van der Waals surface area contributed by atoms with E-state index in [1.165, 1.54) is 24.6 Å². The zero-order chi connectivity index (χ0) is 18.8. The minimum atomic E-state index is 0.132. The van der Waals surface area contributed by atoms with Gasteiger partial charge in [0, 0.05) is 30.1 Å². The molecule has 4 rings (SSSR count). The summed E-state index contributed by atoms with van der Waals surface area (Å²) < 4.78 is 9.89. The van der Waals surface area contributed by atoms with E-state index in [-0.39, 0.29) is 11.9 Å². The van der Waals surface area contributed by atoms with Crippen molar-refractivity contribution >= 4 is 17.5 Å². The average Bonchev–Trinajstić information content (AvgIpc) is 3.43. The Bertz CT molecular complexity index is 803. The van der Waals surface area contributed by atoms with Crippen LogP contribution in [0.15, 0.2) is 11.2 Å². The van der Waals surface area contributed by atoms with Crippen LogP contribution in [0.5, 0.6) is 0 Å². The van der Waals surface area contributed by atoms with Crippen LogP contribution in [0.1, 0.15) is 66.3 Å². The molecule has 146 valence electrons. The van der Waals surface area contributed by atoms with Gasteiger partial charge in [-0.2, -0.15) is 0 Å². The van der Waals surface area contributed by atoms with Crippen molar-refractivity contribution in [2.75, 3.05) is 12.4 Å². The molecular formula is C19H27N5O2S. The molecule has 7 nitrogen and oxygen atoms in total. The number of carbonyl (C=O) groups excluding carboxylic acids is 1. The fraction of sp³-hybridized carbons (Fsp3) is 0.684. The number of thioether (sulfide) groups is 1. The quantitative estimate of drug-likeness (QED) is 0.534. The van der Waals surface area contributed by atoms with Gasteiger partial charge in [0.2, 0.25) is 5.16 Å². The lowest BCUT2D eigenvalue weighted by Gasteiger charge is -2.14. The maximum absolute atomic E-state index is 12.9. The van der Waals surface area contributed by atoms with Crippen LogP contribution in [0.4, 0.5) is 0 Å². The van der Waals surface area contributed by atoms with E-state index < -0.39 is 0 Å². The number of carbonyl (C=O) groups is 1. The molecule has 1 aliphatic heterocycles. The van der Waals surface area contributed by atoms with Crippen LogP contribution < -0.4 is 0 Å². The first kappa shape index (κ1) is 18.7. The van der Waals surface area contributed by atoms with E-state index in [4.69, 9.17) is 4.74 Å². The van der Waals surface area contributed by atoms with E-state index in [9.17, 15) is 4.79 Å². The minimum absolute atomic E-state index is 0.132.